The van der Waals surface area contributed by atoms with E-state index in [1.54, 1.807) is 43.7 Å². The predicted molar refractivity (Wildman–Crippen MR) is 141 cm³/mol. The second-order valence-electron chi connectivity index (χ2n) is 9.25. The number of amides is 1. The second-order valence-corrected chi connectivity index (χ2v) is 9.25. The maximum absolute atomic E-state index is 13.5. The monoisotopic (exact) mass is 521 g/mol. The van der Waals surface area contributed by atoms with Crippen LogP contribution in [0.25, 0.3) is 0 Å². The molecule has 4 rings (SSSR count). The zero-order valence-corrected chi connectivity index (χ0v) is 22.2. The van der Waals surface area contributed by atoms with Gasteiger partial charge in [0, 0.05) is 25.5 Å². The van der Waals surface area contributed by atoms with Crippen molar-refractivity contribution in [2.45, 2.75) is 59.0 Å². The van der Waals surface area contributed by atoms with Crippen molar-refractivity contribution < 1.29 is 28.6 Å². The number of carbonyl (C=O) groups is 2. The number of hydrogen-bond donors (Lipinski definition) is 1. The highest BCUT2D eigenvalue weighted by molar-refractivity contribution is 6.15. The number of Topliss-reactive ketones (excluding diaryl/α,β-unsaturated/α-hetero) is 1. The highest BCUT2D eigenvalue weighted by Gasteiger charge is 2.44. The van der Waals surface area contributed by atoms with Crippen LogP contribution >= 0.6 is 0 Å². The molecule has 1 aliphatic heterocycles. The van der Waals surface area contributed by atoms with Crippen molar-refractivity contribution >= 4 is 11.7 Å². The molecule has 1 unspecified atom stereocenters. The molecule has 0 saturated heterocycles. The Morgan fingerprint density at radius 1 is 1.08 bits per heavy atom. The van der Waals surface area contributed by atoms with Crippen molar-refractivity contribution in [3.05, 3.63) is 77.5 Å². The lowest BCUT2D eigenvalue weighted by Gasteiger charge is -2.27. The summed E-state index contributed by atoms with van der Waals surface area (Å²) in [5.74, 6) is 0.0889. The molecule has 1 N–H and O–H groups in total. The van der Waals surface area contributed by atoms with Gasteiger partial charge in [-0.05, 0) is 56.5 Å². The maximum Gasteiger partial charge on any atom is 0.290 e. The smallest absolute Gasteiger partial charge is 0.290 e. The Balaban J connectivity index is 1.67. The predicted octanol–water partition coefficient (Wildman–Crippen LogP) is 5.42. The summed E-state index contributed by atoms with van der Waals surface area (Å²) < 4.78 is 19.3. The van der Waals surface area contributed by atoms with Crippen LogP contribution in [-0.2, 0) is 11.3 Å². The molecule has 0 saturated carbocycles. The number of ether oxygens (including phenoxy) is 2. The van der Waals surface area contributed by atoms with E-state index in [9.17, 15) is 14.7 Å². The Morgan fingerprint density at radius 2 is 1.92 bits per heavy atom. The molecule has 9 nitrogen and oxygen atoms in total. The summed E-state index contributed by atoms with van der Waals surface area (Å²) in [6.45, 7) is 7.69. The zero-order valence-electron chi connectivity index (χ0n) is 22.2. The number of ketones is 1. The molecular weight excluding hydrogens is 486 g/mol. The number of benzene rings is 1. The fourth-order valence-electron chi connectivity index (χ4n) is 4.61. The van der Waals surface area contributed by atoms with Gasteiger partial charge in [0.1, 0.15) is 5.76 Å². The lowest BCUT2D eigenvalue weighted by molar-refractivity contribution is -0.129. The normalized spacial score (nSPS) is 15.4. The van der Waals surface area contributed by atoms with E-state index in [-0.39, 0.29) is 11.3 Å². The number of hydrogen-bond acceptors (Lipinski definition) is 7. The molecule has 0 bridgehead atoms. The molecule has 1 atom stereocenters. The summed E-state index contributed by atoms with van der Waals surface area (Å²) in [5.41, 5.74) is 0.632. The first kappa shape index (κ1) is 27.0. The molecule has 202 valence electrons. The van der Waals surface area contributed by atoms with E-state index in [0.29, 0.717) is 55.5 Å². The largest absolute Gasteiger partial charge is 0.503 e. The average Bonchev–Trinajstić information content (AvgIpc) is 3.64. The fourth-order valence-corrected chi connectivity index (χ4v) is 4.61. The number of nitrogens with zero attached hydrogens (tertiary/aromatic N) is 3. The van der Waals surface area contributed by atoms with Crippen molar-refractivity contribution in [3.8, 4) is 11.5 Å². The number of aliphatic hydroxyl groups is 1. The SMILES string of the molecule is CCCCCOc1ccc(C2C(C(=O)c3ccc(C)o3)=C(O)C(=O)N2CCCn2ccnc2)cc1OCC. The third kappa shape index (κ3) is 5.93. The molecule has 0 radical (unpaired) electrons. The van der Waals surface area contributed by atoms with Gasteiger partial charge in [0.2, 0.25) is 5.78 Å². The summed E-state index contributed by atoms with van der Waals surface area (Å²) >= 11 is 0. The lowest BCUT2D eigenvalue weighted by atomic mass is 9.94. The van der Waals surface area contributed by atoms with Crippen LogP contribution in [0.1, 0.15) is 67.5 Å². The first-order chi connectivity index (χ1) is 18.4. The van der Waals surface area contributed by atoms with Gasteiger partial charge in [-0.3, -0.25) is 9.59 Å². The molecule has 2 aromatic heterocycles. The van der Waals surface area contributed by atoms with Crippen LogP contribution in [0.3, 0.4) is 0 Å². The first-order valence-electron chi connectivity index (χ1n) is 13.1. The Kier molecular flexibility index (Phi) is 8.89. The topological polar surface area (TPSA) is 107 Å². The van der Waals surface area contributed by atoms with E-state index >= 15 is 0 Å². The minimum atomic E-state index is -0.809. The van der Waals surface area contributed by atoms with Gasteiger partial charge in [-0.15, -0.1) is 0 Å². The van der Waals surface area contributed by atoms with Crippen molar-refractivity contribution in [2.24, 2.45) is 0 Å². The molecule has 0 spiro atoms. The molecular formula is C29H35N3O6. The summed E-state index contributed by atoms with van der Waals surface area (Å²) in [4.78, 5) is 32.4. The maximum atomic E-state index is 13.5. The van der Waals surface area contributed by atoms with Crippen LogP contribution in [0.5, 0.6) is 11.5 Å². The number of rotatable bonds is 14. The number of aromatic nitrogens is 2. The van der Waals surface area contributed by atoms with Gasteiger partial charge in [-0.1, -0.05) is 25.8 Å². The lowest BCUT2D eigenvalue weighted by Crippen LogP contribution is -2.32. The van der Waals surface area contributed by atoms with Crippen LogP contribution in [0.4, 0.5) is 0 Å². The molecule has 0 aliphatic carbocycles. The highest BCUT2D eigenvalue weighted by Crippen LogP contribution is 2.42. The quantitative estimate of drug-likeness (QED) is 0.223. The van der Waals surface area contributed by atoms with Gasteiger partial charge >= 0.3 is 0 Å². The number of unbranched alkanes of at least 4 members (excludes halogenated alkanes) is 2. The third-order valence-electron chi connectivity index (χ3n) is 6.48. The van der Waals surface area contributed by atoms with Crippen molar-refractivity contribution in [1.29, 1.82) is 0 Å². The number of imidazole rings is 1. The van der Waals surface area contributed by atoms with E-state index < -0.39 is 23.5 Å². The molecule has 38 heavy (non-hydrogen) atoms. The van der Waals surface area contributed by atoms with Crippen LogP contribution in [0.2, 0.25) is 0 Å². The van der Waals surface area contributed by atoms with Crippen molar-refractivity contribution in [3.63, 3.8) is 0 Å². The molecule has 1 aromatic carbocycles. The van der Waals surface area contributed by atoms with Crippen molar-refractivity contribution in [2.75, 3.05) is 19.8 Å². The average molecular weight is 522 g/mol. The van der Waals surface area contributed by atoms with E-state index in [4.69, 9.17) is 13.9 Å². The van der Waals surface area contributed by atoms with Gasteiger partial charge in [-0.25, -0.2) is 4.98 Å². The minimum Gasteiger partial charge on any atom is -0.503 e. The standard InChI is InChI=1S/C29H35N3O6/c1-4-6-7-17-37-22-12-10-21(18-24(22)36-5-2)26-25(27(33)23-11-9-20(3)38-23)28(34)29(35)32(26)15-8-14-31-16-13-30-19-31/h9-13,16,18-19,26,34H,4-8,14-15,17H2,1-3H3. The van der Waals surface area contributed by atoms with Crippen molar-refractivity contribution in [1.82, 2.24) is 14.5 Å². The summed E-state index contributed by atoms with van der Waals surface area (Å²) in [7, 11) is 0. The van der Waals surface area contributed by atoms with Crippen LogP contribution < -0.4 is 9.47 Å². The molecule has 9 heteroatoms. The number of carbonyl (C=O) groups excluding carboxylic acids is 2. The van der Waals surface area contributed by atoms with Gasteiger partial charge in [-0.2, -0.15) is 0 Å². The summed E-state index contributed by atoms with van der Waals surface area (Å²) in [5, 5.41) is 10.9. The second kappa shape index (κ2) is 12.5. The third-order valence-corrected chi connectivity index (χ3v) is 6.48. The molecule has 3 heterocycles. The van der Waals surface area contributed by atoms with E-state index in [0.717, 1.165) is 19.3 Å². The Bertz CT molecular complexity index is 1280. The minimum absolute atomic E-state index is 0.00829. The van der Waals surface area contributed by atoms with Crippen LogP contribution in [-0.4, -0.2) is 51.0 Å². The zero-order chi connectivity index (χ0) is 27.1. The van der Waals surface area contributed by atoms with Crippen LogP contribution in [0.15, 0.2) is 64.8 Å². The molecule has 1 aliphatic rings. The first-order valence-corrected chi connectivity index (χ1v) is 13.1. The highest BCUT2D eigenvalue weighted by atomic mass is 16.5. The van der Waals surface area contributed by atoms with Crippen LogP contribution in [0, 0.1) is 6.92 Å². The molecule has 3 aromatic rings. The van der Waals surface area contributed by atoms with Gasteiger partial charge in [0.25, 0.3) is 5.91 Å². The number of aliphatic hydroxyl groups excluding tert-OH is 1. The Morgan fingerprint density at radius 3 is 2.61 bits per heavy atom. The Hall–Kier alpha value is -4.01. The van der Waals surface area contributed by atoms with E-state index in [2.05, 4.69) is 11.9 Å². The number of aryl methyl sites for hydroxylation is 2. The molecule has 0 fully saturated rings. The van der Waals surface area contributed by atoms with Gasteiger partial charge < -0.3 is 28.5 Å². The van der Waals surface area contributed by atoms with Gasteiger partial charge in [0.15, 0.2) is 23.0 Å². The summed E-state index contributed by atoms with van der Waals surface area (Å²) in [6.07, 6.45) is 8.95. The summed E-state index contributed by atoms with van der Waals surface area (Å²) in [6, 6.07) is 7.83. The van der Waals surface area contributed by atoms with E-state index in [1.807, 2.05) is 23.8 Å². The number of furan rings is 1. The van der Waals surface area contributed by atoms with Gasteiger partial charge in [0.05, 0.1) is 31.2 Å². The van der Waals surface area contributed by atoms with E-state index in [1.165, 1.54) is 4.90 Å². The Labute approximate surface area is 222 Å². The molecule has 1 amide bonds. The fraction of sp³-hybridized carbons (Fsp3) is 0.414.